The van der Waals surface area contributed by atoms with Crippen LogP contribution in [-0.2, 0) is 0 Å². The molecule has 0 fully saturated rings. The molecule has 0 saturated heterocycles. The maximum absolute atomic E-state index is 13.1. The maximum atomic E-state index is 13.1. The molecule has 3 rings (SSSR count). The average molecular weight is 274 g/mol. The third-order valence-corrected chi connectivity index (χ3v) is 2.92. The fourth-order valence-electron chi connectivity index (χ4n) is 1.84. The molecular weight excluding hydrogens is 265 g/mol. The van der Waals surface area contributed by atoms with E-state index >= 15 is 0 Å². The number of hydrogen-bond acceptors (Lipinski definition) is 2. The molecule has 0 saturated carbocycles. The van der Waals surface area contributed by atoms with Crippen molar-refractivity contribution in [2.45, 2.75) is 0 Å². The van der Waals surface area contributed by atoms with E-state index in [0.29, 0.717) is 16.5 Å². The van der Waals surface area contributed by atoms with Gasteiger partial charge in [-0.1, -0.05) is 17.7 Å². The highest BCUT2D eigenvalue weighted by Gasteiger charge is 2.05. The number of pyridine rings is 1. The first-order valence-electron chi connectivity index (χ1n) is 5.70. The molecule has 4 heteroatoms. The van der Waals surface area contributed by atoms with Crippen molar-refractivity contribution in [3.05, 3.63) is 65.6 Å². The van der Waals surface area contributed by atoms with Crippen LogP contribution in [0.15, 0.2) is 54.7 Å². The van der Waals surface area contributed by atoms with E-state index < -0.39 is 0 Å². The van der Waals surface area contributed by atoms with E-state index in [4.69, 9.17) is 16.3 Å². The van der Waals surface area contributed by atoms with Crippen LogP contribution in [0, 0.1) is 5.82 Å². The summed E-state index contributed by atoms with van der Waals surface area (Å²) in [6.45, 7) is 0. The molecule has 19 heavy (non-hydrogen) atoms. The van der Waals surface area contributed by atoms with E-state index in [0.717, 1.165) is 10.9 Å². The molecule has 0 aliphatic heterocycles. The van der Waals surface area contributed by atoms with E-state index in [2.05, 4.69) is 4.98 Å². The number of hydrogen-bond donors (Lipinski definition) is 0. The first kappa shape index (κ1) is 11.9. The van der Waals surface area contributed by atoms with E-state index in [9.17, 15) is 4.39 Å². The molecule has 94 valence electrons. The minimum atomic E-state index is -0.334. The first-order chi connectivity index (χ1) is 9.22. The molecule has 0 radical (unpaired) electrons. The van der Waals surface area contributed by atoms with Crippen molar-refractivity contribution in [2.24, 2.45) is 0 Å². The zero-order valence-electron chi connectivity index (χ0n) is 9.81. The Morgan fingerprint density at radius 2 is 1.95 bits per heavy atom. The molecule has 0 aliphatic carbocycles. The van der Waals surface area contributed by atoms with Crippen molar-refractivity contribution in [3.63, 3.8) is 0 Å². The number of halogens is 2. The summed E-state index contributed by atoms with van der Waals surface area (Å²) < 4.78 is 18.8. The second-order valence-electron chi connectivity index (χ2n) is 4.03. The smallest absolute Gasteiger partial charge is 0.138 e. The summed E-state index contributed by atoms with van der Waals surface area (Å²) in [5, 5.41) is 1.44. The molecule has 1 heterocycles. The predicted molar refractivity (Wildman–Crippen MR) is 73.2 cm³/mol. The first-order valence-corrected chi connectivity index (χ1v) is 6.08. The van der Waals surface area contributed by atoms with Gasteiger partial charge in [-0.2, -0.15) is 0 Å². The average Bonchev–Trinajstić information content (AvgIpc) is 2.38. The van der Waals surface area contributed by atoms with Gasteiger partial charge in [0, 0.05) is 22.7 Å². The lowest BCUT2D eigenvalue weighted by Gasteiger charge is -2.08. The Balaban J connectivity index is 2.06. The maximum Gasteiger partial charge on any atom is 0.138 e. The number of ether oxygens (including phenoxy) is 1. The Labute approximate surface area is 114 Å². The zero-order valence-corrected chi connectivity index (χ0v) is 10.6. The fourth-order valence-corrected chi connectivity index (χ4v) is 2.01. The standard InChI is InChI=1S/C15H9ClFNO/c16-10-4-5-13-14(8-10)18-7-6-15(13)19-12-3-1-2-11(17)9-12/h1-9H. The largest absolute Gasteiger partial charge is 0.456 e. The van der Waals surface area contributed by atoms with Gasteiger partial charge in [-0.15, -0.1) is 0 Å². The van der Waals surface area contributed by atoms with Crippen LogP contribution in [-0.4, -0.2) is 4.98 Å². The molecule has 0 spiro atoms. The third kappa shape index (κ3) is 2.51. The molecule has 2 aromatic carbocycles. The van der Waals surface area contributed by atoms with Gasteiger partial charge >= 0.3 is 0 Å². The molecule has 0 atom stereocenters. The van der Waals surface area contributed by atoms with E-state index in [1.54, 1.807) is 36.5 Å². The topological polar surface area (TPSA) is 22.1 Å². The molecule has 2 nitrogen and oxygen atoms in total. The highest BCUT2D eigenvalue weighted by atomic mass is 35.5. The quantitative estimate of drug-likeness (QED) is 0.668. The van der Waals surface area contributed by atoms with Gasteiger partial charge in [-0.25, -0.2) is 4.39 Å². The highest BCUT2D eigenvalue weighted by Crippen LogP contribution is 2.30. The SMILES string of the molecule is Fc1cccc(Oc2ccnc3cc(Cl)ccc23)c1. The van der Waals surface area contributed by atoms with Crippen LogP contribution in [0.2, 0.25) is 5.02 Å². The number of nitrogens with zero attached hydrogens (tertiary/aromatic N) is 1. The Bertz CT molecular complexity index is 745. The normalized spacial score (nSPS) is 10.6. The number of fused-ring (bicyclic) bond motifs is 1. The molecule has 0 amide bonds. The molecule has 1 aromatic heterocycles. The lowest BCUT2D eigenvalue weighted by Crippen LogP contribution is -1.88. The Morgan fingerprint density at radius 3 is 2.79 bits per heavy atom. The number of aromatic nitrogens is 1. The predicted octanol–water partition coefficient (Wildman–Crippen LogP) is 4.82. The minimum Gasteiger partial charge on any atom is -0.456 e. The van der Waals surface area contributed by atoms with Gasteiger partial charge in [0.05, 0.1) is 5.52 Å². The summed E-state index contributed by atoms with van der Waals surface area (Å²) in [5.74, 6) is 0.730. The van der Waals surface area contributed by atoms with Crippen LogP contribution < -0.4 is 4.74 Å². The fraction of sp³-hybridized carbons (Fsp3) is 0. The Morgan fingerprint density at radius 1 is 1.05 bits per heavy atom. The van der Waals surface area contributed by atoms with Gasteiger partial charge in [0.2, 0.25) is 0 Å². The molecule has 3 aromatic rings. The van der Waals surface area contributed by atoms with Crippen molar-refractivity contribution in [1.82, 2.24) is 4.98 Å². The van der Waals surface area contributed by atoms with Gasteiger partial charge < -0.3 is 4.74 Å². The van der Waals surface area contributed by atoms with Crippen LogP contribution in [0.4, 0.5) is 4.39 Å². The zero-order chi connectivity index (χ0) is 13.2. The lowest BCUT2D eigenvalue weighted by molar-refractivity contribution is 0.481. The van der Waals surface area contributed by atoms with Crippen molar-refractivity contribution in [2.75, 3.05) is 0 Å². The van der Waals surface area contributed by atoms with Crippen LogP contribution in [0.25, 0.3) is 10.9 Å². The Kier molecular flexibility index (Phi) is 3.05. The van der Waals surface area contributed by atoms with Gasteiger partial charge in [-0.05, 0) is 36.4 Å². The van der Waals surface area contributed by atoms with E-state index in [1.807, 2.05) is 6.07 Å². The summed E-state index contributed by atoms with van der Waals surface area (Å²) >= 11 is 5.92. The minimum absolute atomic E-state index is 0.334. The highest BCUT2D eigenvalue weighted by molar-refractivity contribution is 6.31. The number of rotatable bonds is 2. The van der Waals surface area contributed by atoms with Crippen molar-refractivity contribution >= 4 is 22.5 Å². The van der Waals surface area contributed by atoms with Crippen molar-refractivity contribution < 1.29 is 9.13 Å². The summed E-state index contributed by atoms with van der Waals surface area (Å²) in [5.41, 5.74) is 0.737. The van der Waals surface area contributed by atoms with Gasteiger partial charge in [0.1, 0.15) is 17.3 Å². The molecule has 0 N–H and O–H groups in total. The summed E-state index contributed by atoms with van der Waals surface area (Å²) in [4.78, 5) is 4.22. The molecule has 0 unspecified atom stereocenters. The lowest BCUT2D eigenvalue weighted by atomic mass is 10.2. The van der Waals surface area contributed by atoms with Crippen molar-refractivity contribution in [1.29, 1.82) is 0 Å². The molecule has 0 bridgehead atoms. The molecule has 0 aliphatic rings. The second-order valence-corrected chi connectivity index (χ2v) is 4.47. The number of benzene rings is 2. The summed E-state index contributed by atoms with van der Waals surface area (Å²) in [6, 6.07) is 13.1. The second kappa shape index (κ2) is 4.86. The van der Waals surface area contributed by atoms with E-state index in [1.165, 1.54) is 12.1 Å². The van der Waals surface area contributed by atoms with Crippen LogP contribution in [0.5, 0.6) is 11.5 Å². The van der Waals surface area contributed by atoms with Gasteiger partial charge in [0.25, 0.3) is 0 Å². The van der Waals surface area contributed by atoms with Gasteiger partial charge in [0.15, 0.2) is 0 Å². The van der Waals surface area contributed by atoms with Crippen LogP contribution in [0.3, 0.4) is 0 Å². The van der Waals surface area contributed by atoms with E-state index in [-0.39, 0.29) is 5.82 Å². The van der Waals surface area contributed by atoms with Gasteiger partial charge in [-0.3, -0.25) is 4.98 Å². The third-order valence-electron chi connectivity index (χ3n) is 2.69. The molecular formula is C15H9ClFNO. The Hall–Kier alpha value is -2.13. The summed E-state index contributed by atoms with van der Waals surface area (Å²) in [7, 11) is 0. The summed E-state index contributed by atoms with van der Waals surface area (Å²) in [6.07, 6.45) is 1.63. The van der Waals surface area contributed by atoms with Crippen molar-refractivity contribution in [3.8, 4) is 11.5 Å². The monoisotopic (exact) mass is 273 g/mol. The van der Waals surface area contributed by atoms with Crippen LogP contribution >= 0.6 is 11.6 Å². The van der Waals surface area contributed by atoms with Crippen LogP contribution in [0.1, 0.15) is 0 Å².